The van der Waals surface area contributed by atoms with E-state index >= 15 is 0 Å². The van der Waals surface area contributed by atoms with Crippen LogP contribution in [0.4, 0.5) is 11.5 Å². The number of aromatic nitrogens is 5. The van der Waals surface area contributed by atoms with Crippen LogP contribution in [-0.2, 0) is 4.79 Å². The summed E-state index contributed by atoms with van der Waals surface area (Å²) in [6, 6.07) is 6.01. The van der Waals surface area contributed by atoms with Gasteiger partial charge in [-0.2, -0.15) is 0 Å². The molecule has 4 aromatic heterocycles. The van der Waals surface area contributed by atoms with E-state index in [0.717, 1.165) is 58.6 Å². The van der Waals surface area contributed by atoms with Gasteiger partial charge in [0.15, 0.2) is 0 Å². The Kier molecular flexibility index (Phi) is 5.26. The molecule has 0 bridgehead atoms. The molecule has 1 unspecified atom stereocenters. The third-order valence-electron chi connectivity index (χ3n) is 5.88. The van der Waals surface area contributed by atoms with E-state index in [1.54, 1.807) is 13.1 Å². The lowest BCUT2D eigenvalue weighted by Crippen LogP contribution is -2.38. The Labute approximate surface area is 186 Å². The number of carbonyl (C=O) groups excluding carboxylic acids is 1. The van der Waals surface area contributed by atoms with Crippen LogP contribution in [0.2, 0.25) is 0 Å². The number of anilines is 2. The number of carbonyl (C=O) groups is 1. The van der Waals surface area contributed by atoms with Crippen molar-refractivity contribution in [1.29, 1.82) is 0 Å². The second-order valence-corrected chi connectivity index (χ2v) is 8.30. The van der Waals surface area contributed by atoms with E-state index in [1.807, 2.05) is 54.8 Å². The van der Waals surface area contributed by atoms with E-state index in [0.29, 0.717) is 12.4 Å². The van der Waals surface area contributed by atoms with Crippen LogP contribution in [0.1, 0.15) is 37.1 Å². The highest BCUT2D eigenvalue weighted by Gasteiger charge is 2.26. The zero-order valence-corrected chi connectivity index (χ0v) is 18.2. The number of rotatable bonds is 4. The number of H-pyrrole nitrogens is 1. The van der Waals surface area contributed by atoms with E-state index < -0.39 is 0 Å². The maximum absolute atomic E-state index is 12.0. The third kappa shape index (κ3) is 4.03. The molecule has 8 heteroatoms. The Bertz CT molecular complexity index is 1280. The summed E-state index contributed by atoms with van der Waals surface area (Å²) >= 11 is 0. The van der Waals surface area contributed by atoms with Crippen LogP contribution in [0.3, 0.4) is 0 Å². The summed E-state index contributed by atoms with van der Waals surface area (Å²) in [5.74, 6) is 1.62. The van der Waals surface area contributed by atoms with E-state index in [-0.39, 0.29) is 11.8 Å². The molecule has 8 nitrogen and oxygen atoms in total. The van der Waals surface area contributed by atoms with Crippen LogP contribution in [0.25, 0.3) is 22.2 Å². The Morgan fingerprint density at radius 1 is 1.16 bits per heavy atom. The van der Waals surface area contributed by atoms with Crippen LogP contribution in [0.15, 0.2) is 49.2 Å². The second kappa shape index (κ2) is 8.37. The Morgan fingerprint density at radius 2 is 2.03 bits per heavy atom. The SMILES string of the molecule is CC(=O)N1CCCC(c2nc(Nc3cncc(C)c3)cc(-c3cncc4[nH]ccc34)n2)C1. The first kappa shape index (κ1) is 20.1. The van der Waals surface area contributed by atoms with Crippen LogP contribution in [0.5, 0.6) is 0 Å². The molecular formula is C24H25N7O. The Balaban J connectivity index is 1.59. The summed E-state index contributed by atoms with van der Waals surface area (Å²) in [5.41, 5.74) is 4.64. The standard InChI is InChI=1S/C24H25N7O/c1-15-8-18(11-25-10-15)28-23-9-21(20-12-26-13-22-19(20)5-6-27-22)29-24(30-23)17-4-3-7-31(14-17)16(2)32/h5-6,8-13,17,27H,3-4,7,14H2,1-2H3,(H,28,29,30). The molecule has 1 atom stereocenters. The normalized spacial score (nSPS) is 16.3. The average Bonchev–Trinajstić information content (AvgIpc) is 3.28. The molecule has 32 heavy (non-hydrogen) atoms. The molecule has 4 aromatic rings. The van der Waals surface area contributed by atoms with E-state index in [1.165, 1.54) is 0 Å². The van der Waals surface area contributed by atoms with Gasteiger partial charge in [0.25, 0.3) is 0 Å². The number of pyridine rings is 2. The Morgan fingerprint density at radius 3 is 2.88 bits per heavy atom. The minimum absolute atomic E-state index is 0.0853. The number of nitrogens with one attached hydrogen (secondary N) is 2. The number of fused-ring (bicyclic) bond motifs is 1. The van der Waals surface area contributed by atoms with Crippen LogP contribution < -0.4 is 5.32 Å². The fourth-order valence-corrected chi connectivity index (χ4v) is 4.28. The summed E-state index contributed by atoms with van der Waals surface area (Å²) in [4.78, 5) is 35.5. The van der Waals surface area contributed by atoms with Crippen molar-refractivity contribution in [2.75, 3.05) is 18.4 Å². The molecule has 162 valence electrons. The third-order valence-corrected chi connectivity index (χ3v) is 5.88. The maximum atomic E-state index is 12.0. The molecular weight excluding hydrogens is 402 g/mol. The van der Waals surface area contributed by atoms with E-state index in [2.05, 4.69) is 20.3 Å². The van der Waals surface area contributed by atoms with Crippen LogP contribution in [0, 0.1) is 6.92 Å². The molecule has 0 radical (unpaired) electrons. The smallest absolute Gasteiger partial charge is 0.219 e. The van der Waals surface area contributed by atoms with Crippen LogP contribution in [-0.4, -0.2) is 48.8 Å². The minimum atomic E-state index is 0.0853. The number of hydrogen-bond acceptors (Lipinski definition) is 6. The van der Waals surface area contributed by atoms with Gasteiger partial charge in [0.1, 0.15) is 11.6 Å². The van der Waals surface area contributed by atoms with Crippen molar-refractivity contribution in [3.63, 3.8) is 0 Å². The monoisotopic (exact) mass is 427 g/mol. The molecule has 2 N–H and O–H groups in total. The van der Waals surface area contributed by atoms with Crippen molar-refractivity contribution >= 4 is 28.3 Å². The quantitative estimate of drug-likeness (QED) is 0.507. The van der Waals surface area contributed by atoms with E-state index in [9.17, 15) is 4.79 Å². The van der Waals surface area contributed by atoms with Crippen molar-refractivity contribution in [2.45, 2.75) is 32.6 Å². The molecule has 0 saturated carbocycles. The van der Waals surface area contributed by atoms with Gasteiger partial charge in [-0.05, 0) is 37.5 Å². The van der Waals surface area contributed by atoms with Crippen molar-refractivity contribution in [1.82, 2.24) is 29.8 Å². The first-order valence-electron chi connectivity index (χ1n) is 10.8. The van der Waals surface area contributed by atoms with Crippen molar-refractivity contribution < 1.29 is 4.79 Å². The predicted molar refractivity (Wildman–Crippen MR) is 124 cm³/mol. The average molecular weight is 428 g/mol. The fourth-order valence-electron chi connectivity index (χ4n) is 4.28. The summed E-state index contributed by atoms with van der Waals surface area (Å²) in [6.45, 7) is 5.05. The summed E-state index contributed by atoms with van der Waals surface area (Å²) < 4.78 is 0. The predicted octanol–water partition coefficient (Wildman–Crippen LogP) is 4.19. The number of aromatic amines is 1. The van der Waals surface area contributed by atoms with Crippen molar-refractivity contribution in [2.24, 2.45) is 0 Å². The summed E-state index contributed by atoms with van der Waals surface area (Å²) in [5, 5.41) is 4.45. The van der Waals surface area contributed by atoms with Gasteiger partial charge in [-0.3, -0.25) is 14.8 Å². The molecule has 1 fully saturated rings. The first-order chi connectivity index (χ1) is 15.6. The number of amides is 1. The molecule has 1 saturated heterocycles. The number of nitrogens with zero attached hydrogens (tertiary/aromatic N) is 5. The largest absolute Gasteiger partial charge is 0.360 e. The van der Waals surface area contributed by atoms with Gasteiger partial charge in [0.2, 0.25) is 5.91 Å². The number of piperidine rings is 1. The number of hydrogen-bond donors (Lipinski definition) is 2. The lowest BCUT2D eigenvalue weighted by atomic mass is 9.96. The molecule has 1 amide bonds. The highest BCUT2D eigenvalue weighted by molar-refractivity contribution is 5.93. The van der Waals surface area contributed by atoms with Gasteiger partial charge in [-0.25, -0.2) is 9.97 Å². The lowest BCUT2D eigenvalue weighted by molar-refractivity contribution is -0.130. The zero-order chi connectivity index (χ0) is 22.1. The highest BCUT2D eigenvalue weighted by atomic mass is 16.2. The Hall–Kier alpha value is -3.81. The van der Waals surface area contributed by atoms with Crippen LogP contribution >= 0.6 is 0 Å². The maximum Gasteiger partial charge on any atom is 0.219 e. The second-order valence-electron chi connectivity index (χ2n) is 8.30. The van der Waals surface area contributed by atoms with Gasteiger partial charge in [-0.1, -0.05) is 0 Å². The summed E-state index contributed by atoms with van der Waals surface area (Å²) in [6.07, 6.45) is 11.0. The fraction of sp³-hybridized carbons (Fsp3) is 0.292. The molecule has 0 spiro atoms. The molecule has 5 heterocycles. The molecule has 1 aliphatic rings. The minimum Gasteiger partial charge on any atom is -0.360 e. The topological polar surface area (TPSA) is 99.7 Å². The van der Waals surface area contributed by atoms with E-state index in [4.69, 9.17) is 9.97 Å². The highest BCUT2D eigenvalue weighted by Crippen LogP contribution is 2.31. The summed E-state index contributed by atoms with van der Waals surface area (Å²) in [7, 11) is 0. The number of aryl methyl sites for hydroxylation is 1. The van der Waals surface area contributed by atoms with Gasteiger partial charge in [-0.15, -0.1) is 0 Å². The lowest BCUT2D eigenvalue weighted by Gasteiger charge is -2.31. The van der Waals surface area contributed by atoms with Crippen molar-refractivity contribution in [3.05, 3.63) is 60.6 Å². The molecule has 5 rings (SSSR count). The van der Waals surface area contributed by atoms with Crippen molar-refractivity contribution in [3.8, 4) is 11.3 Å². The van der Waals surface area contributed by atoms with Gasteiger partial charge < -0.3 is 15.2 Å². The molecule has 0 aromatic carbocycles. The molecule has 0 aliphatic carbocycles. The number of likely N-dealkylation sites (tertiary alicyclic amines) is 1. The van der Waals surface area contributed by atoms with Gasteiger partial charge >= 0.3 is 0 Å². The van der Waals surface area contributed by atoms with Gasteiger partial charge in [0.05, 0.1) is 29.3 Å². The molecule has 1 aliphatic heterocycles. The first-order valence-corrected chi connectivity index (χ1v) is 10.8. The van der Waals surface area contributed by atoms with Gasteiger partial charge in [0, 0.05) is 61.5 Å². The zero-order valence-electron chi connectivity index (χ0n) is 18.2.